The van der Waals surface area contributed by atoms with E-state index in [4.69, 9.17) is 0 Å². The van der Waals surface area contributed by atoms with Gasteiger partial charge in [0.15, 0.2) is 0 Å². The third kappa shape index (κ3) is 3.03. The van der Waals surface area contributed by atoms with Crippen LogP contribution in [-0.2, 0) is 0 Å². The van der Waals surface area contributed by atoms with Crippen molar-refractivity contribution in [2.24, 2.45) is 0 Å². The van der Waals surface area contributed by atoms with Crippen molar-refractivity contribution in [3.05, 3.63) is 65.7 Å². The van der Waals surface area contributed by atoms with Crippen LogP contribution in [0.25, 0.3) is 0 Å². The number of likely N-dealkylation sites (N-methyl/N-ethyl adjacent to an activating group) is 1. The highest BCUT2D eigenvalue weighted by molar-refractivity contribution is 7.99. The topological polar surface area (TPSA) is 23.6 Å². The first kappa shape index (κ1) is 15.1. The lowest BCUT2D eigenvalue weighted by Gasteiger charge is -2.37. The van der Waals surface area contributed by atoms with Crippen LogP contribution in [0.3, 0.4) is 0 Å². The Hall–Kier alpha value is -1.78. The molecular formula is C18H20N2OS. The molecule has 0 bridgehead atoms. The Labute approximate surface area is 135 Å². The molecule has 1 amide bonds. The monoisotopic (exact) mass is 312 g/mol. The second-order valence-corrected chi connectivity index (χ2v) is 6.80. The number of hydrogen-bond donors (Lipinski definition) is 0. The largest absolute Gasteiger partial charge is 0.321 e. The van der Waals surface area contributed by atoms with Crippen LogP contribution in [-0.4, -0.2) is 42.9 Å². The Bertz CT molecular complexity index is 657. The fourth-order valence-corrected chi connectivity index (χ4v) is 3.88. The van der Waals surface area contributed by atoms with Gasteiger partial charge in [-0.1, -0.05) is 54.2 Å². The summed E-state index contributed by atoms with van der Waals surface area (Å²) in [7, 11) is 4.07. The zero-order chi connectivity index (χ0) is 15.5. The van der Waals surface area contributed by atoms with Gasteiger partial charge in [0, 0.05) is 18.0 Å². The molecule has 0 radical (unpaired) electrons. The molecule has 0 saturated heterocycles. The maximum Gasteiger partial charge on any atom is 0.256 e. The maximum atomic E-state index is 12.9. The zero-order valence-corrected chi connectivity index (χ0v) is 13.7. The number of hydrogen-bond acceptors (Lipinski definition) is 3. The van der Waals surface area contributed by atoms with Gasteiger partial charge in [-0.2, -0.15) is 0 Å². The highest BCUT2D eigenvalue weighted by Gasteiger charge is 2.33. The van der Waals surface area contributed by atoms with E-state index in [-0.39, 0.29) is 11.3 Å². The van der Waals surface area contributed by atoms with Crippen molar-refractivity contribution in [3.8, 4) is 0 Å². The summed E-state index contributed by atoms with van der Waals surface area (Å²) in [6.07, 6.45) is 0. The van der Waals surface area contributed by atoms with Crippen LogP contribution in [0.4, 0.5) is 0 Å². The lowest BCUT2D eigenvalue weighted by molar-refractivity contribution is 0.0714. The minimum Gasteiger partial charge on any atom is -0.321 e. The first-order chi connectivity index (χ1) is 10.7. The molecule has 2 aromatic carbocycles. The summed E-state index contributed by atoms with van der Waals surface area (Å²) >= 11 is 1.76. The predicted octanol–water partition coefficient (Wildman–Crippen LogP) is 3.49. The van der Waals surface area contributed by atoms with Crippen LogP contribution in [0, 0.1) is 0 Å². The number of rotatable bonds is 4. The molecule has 0 fully saturated rings. The van der Waals surface area contributed by atoms with Gasteiger partial charge in [-0.25, -0.2) is 0 Å². The summed E-state index contributed by atoms with van der Waals surface area (Å²) in [5, 5.41) is 0.0450. The number of benzene rings is 2. The average Bonchev–Trinajstić information content (AvgIpc) is 2.54. The summed E-state index contributed by atoms with van der Waals surface area (Å²) in [5.41, 5.74) is 1.99. The van der Waals surface area contributed by atoms with Gasteiger partial charge in [-0.05, 0) is 31.8 Å². The molecule has 1 atom stereocenters. The van der Waals surface area contributed by atoms with Gasteiger partial charge in [0.25, 0.3) is 5.91 Å². The molecule has 114 valence electrons. The number of thioether (sulfide) groups is 1. The van der Waals surface area contributed by atoms with Crippen molar-refractivity contribution in [1.82, 2.24) is 9.80 Å². The third-order valence-electron chi connectivity index (χ3n) is 3.77. The highest BCUT2D eigenvalue weighted by atomic mass is 32.2. The third-order valence-corrected chi connectivity index (χ3v) is 5.13. The van der Waals surface area contributed by atoms with E-state index in [0.29, 0.717) is 0 Å². The van der Waals surface area contributed by atoms with Gasteiger partial charge >= 0.3 is 0 Å². The lowest BCUT2D eigenvalue weighted by Crippen LogP contribution is -2.40. The number of nitrogens with zero attached hydrogens (tertiary/aromatic N) is 2. The van der Waals surface area contributed by atoms with Crippen molar-refractivity contribution in [1.29, 1.82) is 0 Å². The summed E-state index contributed by atoms with van der Waals surface area (Å²) < 4.78 is 0. The smallest absolute Gasteiger partial charge is 0.256 e. The Morgan fingerprint density at radius 1 is 1.05 bits per heavy atom. The van der Waals surface area contributed by atoms with Gasteiger partial charge in [0.1, 0.15) is 5.37 Å². The SMILES string of the molecule is CN(C)CCN1C(=O)c2ccccc2SC1c1ccccc1. The molecule has 22 heavy (non-hydrogen) atoms. The molecule has 2 aromatic rings. The molecule has 3 nitrogen and oxygen atoms in total. The minimum atomic E-state index is 0.0450. The zero-order valence-electron chi connectivity index (χ0n) is 12.9. The van der Waals surface area contributed by atoms with E-state index in [0.717, 1.165) is 23.5 Å². The number of amides is 1. The van der Waals surface area contributed by atoms with Crippen LogP contribution in [0.5, 0.6) is 0 Å². The molecule has 1 aliphatic heterocycles. The van der Waals surface area contributed by atoms with E-state index in [9.17, 15) is 4.79 Å². The van der Waals surface area contributed by atoms with Crippen molar-refractivity contribution in [2.45, 2.75) is 10.3 Å². The first-order valence-corrected chi connectivity index (χ1v) is 8.31. The predicted molar refractivity (Wildman–Crippen MR) is 91.1 cm³/mol. The van der Waals surface area contributed by atoms with Crippen LogP contribution in [0.2, 0.25) is 0 Å². The van der Waals surface area contributed by atoms with Gasteiger partial charge in [0.2, 0.25) is 0 Å². The Balaban J connectivity index is 1.97. The van der Waals surface area contributed by atoms with E-state index in [1.807, 2.05) is 61.5 Å². The van der Waals surface area contributed by atoms with E-state index < -0.39 is 0 Å². The van der Waals surface area contributed by atoms with E-state index >= 15 is 0 Å². The first-order valence-electron chi connectivity index (χ1n) is 7.43. The van der Waals surface area contributed by atoms with Crippen molar-refractivity contribution in [2.75, 3.05) is 27.2 Å². The standard InChI is InChI=1S/C18H20N2OS/c1-19(2)12-13-20-17(21)15-10-6-7-11-16(15)22-18(20)14-8-4-3-5-9-14/h3-11,18H,12-13H2,1-2H3. The van der Waals surface area contributed by atoms with E-state index in [1.165, 1.54) is 5.56 Å². The number of fused-ring (bicyclic) bond motifs is 1. The molecule has 0 spiro atoms. The molecule has 4 heteroatoms. The van der Waals surface area contributed by atoms with Crippen LogP contribution >= 0.6 is 11.8 Å². The Morgan fingerprint density at radius 2 is 1.73 bits per heavy atom. The summed E-state index contributed by atoms with van der Waals surface area (Å²) in [5.74, 6) is 0.130. The van der Waals surface area contributed by atoms with Crippen LogP contribution < -0.4 is 0 Å². The molecule has 0 N–H and O–H groups in total. The van der Waals surface area contributed by atoms with Gasteiger partial charge in [-0.3, -0.25) is 4.79 Å². The van der Waals surface area contributed by atoms with Gasteiger partial charge < -0.3 is 9.80 Å². The van der Waals surface area contributed by atoms with Crippen LogP contribution in [0.15, 0.2) is 59.5 Å². The highest BCUT2D eigenvalue weighted by Crippen LogP contribution is 2.44. The summed E-state index contributed by atoms with van der Waals surface area (Å²) in [6, 6.07) is 18.2. The molecule has 1 aliphatic rings. The molecule has 1 heterocycles. The van der Waals surface area contributed by atoms with Crippen molar-refractivity contribution in [3.63, 3.8) is 0 Å². The minimum absolute atomic E-state index is 0.0450. The van der Waals surface area contributed by atoms with E-state index in [1.54, 1.807) is 11.8 Å². The number of carbonyl (C=O) groups excluding carboxylic acids is 1. The van der Waals surface area contributed by atoms with Gasteiger partial charge in [-0.15, -0.1) is 0 Å². The molecule has 0 aromatic heterocycles. The second-order valence-electron chi connectivity index (χ2n) is 5.68. The summed E-state index contributed by atoms with van der Waals surface area (Å²) in [6.45, 7) is 1.59. The molecule has 3 rings (SSSR count). The van der Waals surface area contributed by atoms with Crippen molar-refractivity contribution >= 4 is 17.7 Å². The average molecular weight is 312 g/mol. The Kier molecular flexibility index (Phi) is 4.50. The Morgan fingerprint density at radius 3 is 2.45 bits per heavy atom. The molecular weight excluding hydrogens is 292 g/mol. The fraction of sp³-hybridized carbons (Fsp3) is 0.278. The lowest BCUT2D eigenvalue weighted by atomic mass is 10.1. The summed E-state index contributed by atoms with van der Waals surface area (Å²) in [4.78, 5) is 18.1. The fourth-order valence-electron chi connectivity index (χ4n) is 2.58. The molecule has 1 unspecified atom stereocenters. The normalized spacial score (nSPS) is 17.7. The molecule has 0 aliphatic carbocycles. The quantitative estimate of drug-likeness (QED) is 0.863. The second kappa shape index (κ2) is 6.55. The maximum absolute atomic E-state index is 12.9. The van der Waals surface area contributed by atoms with Crippen molar-refractivity contribution < 1.29 is 4.79 Å². The van der Waals surface area contributed by atoms with Crippen LogP contribution in [0.1, 0.15) is 21.3 Å². The molecule has 0 saturated carbocycles. The number of carbonyl (C=O) groups is 1. The van der Waals surface area contributed by atoms with Gasteiger partial charge in [0.05, 0.1) is 5.56 Å². The van der Waals surface area contributed by atoms with E-state index in [2.05, 4.69) is 17.0 Å².